The average molecular weight is 423 g/mol. The van der Waals surface area contributed by atoms with Gasteiger partial charge in [-0.25, -0.2) is 4.90 Å². The van der Waals surface area contributed by atoms with E-state index in [2.05, 4.69) is 0 Å². The number of carbonyl (C=O) groups is 4. The van der Waals surface area contributed by atoms with Gasteiger partial charge in [0.15, 0.2) is 0 Å². The summed E-state index contributed by atoms with van der Waals surface area (Å²) in [6.45, 7) is 1.76. The minimum absolute atomic E-state index is 0.146. The van der Waals surface area contributed by atoms with Crippen LogP contribution in [0.25, 0.3) is 0 Å². The van der Waals surface area contributed by atoms with Crippen molar-refractivity contribution in [2.75, 3.05) is 9.80 Å². The molecule has 2 aromatic carbocycles. The Morgan fingerprint density at radius 1 is 0.800 bits per heavy atom. The molecule has 2 aromatic rings. The molecule has 6 nitrogen and oxygen atoms in total. The van der Waals surface area contributed by atoms with Crippen molar-refractivity contribution in [3.05, 3.63) is 58.1 Å². The monoisotopic (exact) mass is 422 g/mol. The Hall–Kier alpha value is -2.99. The standard InChI is InChI=1S/C23H19ClN2O4/c1-12-10-14(25-20(27)15-4-2-3-5-16(15)21(25)28)7-9-19(12)26-22(29)17-8-6-13(24)11-18(17)23(26)30/h6-11,15-16H,2-5H2,1H3/t15-,16+. The lowest BCUT2D eigenvalue weighted by molar-refractivity contribution is -0.122. The van der Waals surface area contributed by atoms with E-state index in [1.165, 1.54) is 11.0 Å². The van der Waals surface area contributed by atoms with Crippen LogP contribution in [-0.2, 0) is 9.59 Å². The maximum absolute atomic E-state index is 12.9. The fourth-order valence-corrected chi connectivity index (χ4v) is 5.05. The first kappa shape index (κ1) is 19.0. The van der Waals surface area contributed by atoms with Crippen LogP contribution in [0.4, 0.5) is 11.4 Å². The molecule has 0 bridgehead atoms. The van der Waals surface area contributed by atoms with Crippen molar-refractivity contribution in [2.24, 2.45) is 11.8 Å². The Balaban J connectivity index is 1.49. The molecule has 0 unspecified atom stereocenters. The lowest BCUT2D eigenvalue weighted by Crippen LogP contribution is -2.32. The van der Waals surface area contributed by atoms with Crippen LogP contribution in [0.1, 0.15) is 52.0 Å². The maximum atomic E-state index is 12.9. The van der Waals surface area contributed by atoms with E-state index in [1.54, 1.807) is 37.3 Å². The number of hydrogen-bond donors (Lipinski definition) is 0. The summed E-state index contributed by atoms with van der Waals surface area (Å²) in [5.74, 6) is -1.60. The molecule has 4 amide bonds. The highest BCUT2D eigenvalue weighted by Crippen LogP contribution is 2.41. The molecule has 2 atom stereocenters. The number of hydrogen-bond acceptors (Lipinski definition) is 4. The van der Waals surface area contributed by atoms with Crippen LogP contribution in [-0.4, -0.2) is 23.6 Å². The molecule has 1 saturated carbocycles. The third-order valence-electron chi connectivity index (χ3n) is 6.37. The number of imide groups is 2. The number of rotatable bonds is 2. The topological polar surface area (TPSA) is 74.8 Å². The first-order valence-corrected chi connectivity index (χ1v) is 10.4. The molecule has 3 aliphatic rings. The molecular formula is C23H19ClN2O4. The Bertz CT molecular complexity index is 1120. The van der Waals surface area contributed by atoms with Crippen molar-refractivity contribution >= 4 is 46.6 Å². The highest BCUT2D eigenvalue weighted by molar-refractivity contribution is 6.37. The van der Waals surface area contributed by atoms with Crippen LogP contribution in [0.2, 0.25) is 5.02 Å². The average Bonchev–Trinajstić information content (AvgIpc) is 3.13. The van der Waals surface area contributed by atoms with Crippen LogP contribution in [0.5, 0.6) is 0 Å². The lowest BCUT2D eigenvalue weighted by atomic mass is 9.81. The Labute approximate surface area is 178 Å². The number of aryl methyl sites for hydroxylation is 1. The predicted octanol–water partition coefficient (Wildman–Crippen LogP) is 4.13. The molecule has 0 N–H and O–H groups in total. The molecule has 5 rings (SSSR count). The number of anilines is 2. The molecule has 152 valence electrons. The smallest absolute Gasteiger partial charge is 0.266 e. The number of carbonyl (C=O) groups excluding carboxylic acids is 4. The van der Waals surface area contributed by atoms with Crippen LogP contribution in [0.15, 0.2) is 36.4 Å². The summed E-state index contributed by atoms with van der Waals surface area (Å²) in [4.78, 5) is 53.8. The zero-order valence-corrected chi connectivity index (χ0v) is 17.1. The molecule has 1 saturated heterocycles. The van der Waals surface area contributed by atoms with E-state index in [1.807, 2.05) is 0 Å². The Morgan fingerprint density at radius 3 is 2.07 bits per heavy atom. The summed E-state index contributed by atoms with van der Waals surface area (Å²) < 4.78 is 0. The fourth-order valence-electron chi connectivity index (χ4n) is 4.88. The predicted molar refractivity (Wildman–Crippen MR) is 112 cm³/mol. The SMILES string of the molecule is Cc1cc(N2C(=O)[C@H]3CCCC[C@H]3C2=O)ccc1N1C(=O)c2ccc(Cl)cc2C1=O. The molecule has 0 radical (unpaired) electrons. The third-order valence-corrected chi connectivity index (χ3v) is 6.60. The van der Waals surface area contributed by atoms with Gasteiger partial charge < -0.3 is 0 Å². The zero-order chi connectivity index (χ0) is 21.2. The Morgan fingerprint density at radius 2 is 1.43 bits per heavy atom. The van der Waals surface area contributed by atoms with Gasteiger partial charge in [-0.2, -0.15) is 0 Å². The number of nitrogens with zero attached hydrogens (tertiary/aromatic N) is 2. The van der Waals surface area contributed by atoms with Gasteiger partial charge in [0.1, 0.15) is 0 Å². The van der Waals surface area contributed by atoms with E-state index in [4.69, 9.17) is 11.6 Å². The van der Waals surface area contributed by atoms with Crippen molar-refractivity contribution < 1.29 is 19.2 Å². The van der Waals surface area contributed by atoms with Gasteiger partial charge in [-0.15, -0.1) is 0 Å². The Kier molecular flexibility index (Phi) is 4.29. The number of amides is 4. The van der Waals surface area contributed by atoms with E-state index >= 15 is 0 Å². The molecular weight excluding hydrogens is 404 g/mol. The van der Waals surface area contributed by atoms with E-state index < -0.39 is 11.8 Å². The largest absolute Gasteiger partial charge is 0.274 e. The van der Waals surface area contributed by atoms with Crippen molar-refractivity contribution in [2.45, 2.75) is 32.6 Å². The summed E-state index contributed by atoms with van der Waals surface area (Å²) in [7, 11) is 0. The summed E-state index contributed by atoms with van der Waals surface area (Å²) in [5.41, 5.74) is 2.12. The molecule has 1 aliphatic carbocycles. The maximum Gasteiger partial charge on any atom is 0.266 e. The number of halogens is 1. The van der Waals surface area contributed by atoms with Gasteiger partial charge in [0.2, 0.25) is 11.8 Å². The van der Waals surface area contributed by atoms with Crippen molar-refractivity contribution in [1.29, 1.82) is 0 Å². The van der Waals surface area contributed by atoms with Crippen molar-refractivity contribution in [3.8, 4) is 0 Å². The van der Waals surface area contributed by atoms with Crippen LogP contribution < -0.4 is 9.80 Å². The van der Waals surface area contributed by atoms with Crippen LogP contribution >= 0.6 is 11.6 Å². The van der Waals surface area contributed by atoms with Gasteiger partial charge in [0.05, 0.1) is 34.3 Å². The molecule has 2 fully saturated rings. The molecule has 7 heteroatoms. The quantitative estimate of drug-likeness (QED) is 0.682. The second-order valence-corrected chi connectivity index (χ2v) is 8.55. The first-order chi connectivity index (χ1) is 14.4. The van der Waals surface area contributed by atoms with E-state index in [-0.39, 0.29) is 29.2 Å². The molecule has 2 aliphatic heterocycles. The zero-order valence-electron chi connectivity index (χ0n) is 16.4. The van der Waals surface area contributed by atoms with Crippen molar-refractivity contribution in [1.82, 2.24) is 0 Å². The molecule has 2 heterocycles. The van der Waals surface area contributed by atoms with E-state index in [0.717, 1.165) is 30.6 Å². The highest BCUT2D eigenvalue weighted by Gasteiger charge is 2.49. The lowest BCUT2D eigenvalue weighted by Gasteiger charge is -2.20. The van der Waals surface area contributed by atoms with Gasteiger partial charge in [-0.3, -0.25) is 24.1 Å². The first-order valence-electron chi connectivity index (χ1n) is 10.1. The second-order valence-electron chi connectivity index (χ2n) is 8.12. The van der Waals surface area contributed by atoms with Gasteiger partial charge in [-0.1, -0.05) is 24.4 Å². The minimum atomic E-state index is -0.437. The third kappa shape index (κ3) is 2.63. The second kappa shape index (κ2) is 6.77. The van der Waals surface area contributed by atoms with Crippen LogP contribution in [0.3, 0.4) is 0 Å². The number of benzene rings is 2. The van der Waals surface area contributed by atoms with E-state index in [0.29, 0.717) is 27.5 Å². The van der Waals surface area contributed by atoms with Gasteiger partial charge in [0, 0.05) is 5.02 Å². The van der Waals surface area contributed by atoms with Gasteiger partial charge in [0.25, 0.3) is 11.8 Å². The normalized spacial score (nSPS) is 23.3. The number of fused-ring (bicyclic) bond motifs is 2. The summed E-state index contributed by atoms with van der Waals surface area (Å²) in [5, 5.41) is 0.386. The minimum Gasteiger partial charge on any atom is -0.274 e. The van der Waals surface area contributed by atoms with Crippen molar-refractivity contribution in [3.63, 3.8) is 0 Å². The molecule has 30 heavy (non-hydrogen) atoms. The molecule has 0 aromatic heterocycles. The fraction of sp³-hybridized carbons (Fsp3) is 0.304. The summed E-state index contributed by atoms with van der Waals surface area (Å²) in [6, 6.07) is 9.56. The van der Waals surface area contributed by atoms with Gasteiger partial charge in [-0.05, 0) is 61.7 Å². The molecule has 0 spiro atoms. The van der Waals surface area contributed by atoms with E-state index in [9.17, 15) is 19.2 Å². The van der Waals surface area contributed by atoms with Gasteiger partial charge >= 0.3 is 0 Å². The van der Waals surface area contributed by atoms with Crippen LogP contribution in [0, 0.1) is 18.8 Å². The summed E-state index contributed by atoms with van der Waals surface area (Å²) >= 11 is 5.98. The summed E-state index contributed by atoms with van der Waals surface area (Å²) in [6.07, 6.45) is 3.44. The highest BCUT2D eigenvalue weighted by atomic mass is 35.5.